The zero-order valence-electron chi connectivity index (χ0n) is 8.67. The van der Waals surface area contributed by atoms with E-state index in [0.717, 1.165) is 0 Å². The van der Waals surface area contributed by atoms with Crippen molar-refractivity contribution in [3.8, 4) is 0 Å². The second kappa shape index (κ2) is 5.04. The average molecular weight is 244 g/mol. The molecular formula is C9H12N2O4S. The molecule has 0 aliphatic rings. The Morgan fingerprint density at radius 1 is 1.56 bits per heavy atom. The molecule has 7 heteroatoms. The first-order valence-corrected chi connectivity index (χ1v) is 6.00. The van der Waals surface area contributed by atoms with Crippen LogP contribution < -0.4 is 5.32 Å². The summed E-state index contributed by atoms with van der Waals surface area (Å²) in [6.45, 7) is 1.76. The monoisotopic (exact) mass is 244 g/mol. The maximum atomic E-state index is 10.8. The predicted octanol–water partition coefficient (Wildman–Crippen LogP) is 0.00690. The maximum absolute atomic E-state index is 10.8. The van der Waals surface area contributed by atoms with Crippen LogP contribution in [0.5, 0.6) is 0 Å². The lowest BCUT2D eigenvalue weighted by Gasteiger charge is -2.03. The van der Waals surface area contributed by atoms with Crippen molar-refractivity contribution in [3.63, 3.8) is 0 Å². The Morgan fingerprint density at radius 3 is 2.81 bits per heavy atom. The fourth-order valence-electron chi connectivity index (χ4n) is 1.12. The molecule has 0 fully saturated rings. The van der Waals surface area contributed by atoms with Gasteiger partial charge in [-0.1, -0.05) is 0 Å². The summed E-state index contributed by atoms with van der Waals surface area (Å²) in [5.41, 5.74) is 0.490. The van der Waals surface area contributed by atoms with E-state index >= 15 is 0 Å². The Kier molecular flexibility index (Phi) is 3.97. The molecule has 0 radical (unpaired) electrons. The third-order valence-corrected chi connectivity index (χ3v) is 2.69. The van der Waals surface area contributed by atoms with E-state index in [1.165, 1.54) is 25.3 Å². The van der Waals surface area contributed by atoms with E-state index in [1.807, 2.05) is 0 Å². The standard InChI is InChI=1S/C9H12N2O4S/c1-7(12)10-4-2-8-6-9(3-5-11-8)16(13,14)15/h3,5-6H,2,4H2,1H3,(H,10,12)(H,13,14,15). The molecule has 1 rings (SSSR count). The fraction of sp³-hybridized carbons (Fsp3) is 0.333. The smallest absolute Gasteiger partial charge is 0.294 e. The van der Waals surface area contributed by atoms with Crippen LogP contribution in [0.4, 0.5) is 0 Å². The molecule has 0 saturated heterocycles. The van der Waals surface area contributed by atoms with E-state index in [4.69, 9.17) is 4.55 Å². The molecule has 6 nitrogen and oxygen atoms in total. The van der Waals surface area contributed by atoms with E-state index in [0.29, 0.717) is 18.7 Å². The van der Waals surface area contributed by atoms with Gasteiger partial charge in [-0.25, -0.2) is 0 Å². The van der Waals surface area contributed by atoms with Crippen LogP contribution in [-0.4, -0.2) is 30.4 Å². The van der Waals surface area contributed by atoms with E-state index < -0.39 is 10.1 Å². The summed E-state index contributed by atoms with van der Waals surface area (Å²) in [6.07, 6.45) is 1.70. The summed E-state index contributed by atoms with van der Waals surface area (Å²) < 4.78 is 30.5. The molecule has 0 bridgehead atoms. The molecule has 1 heterocycles. The minimum absolute atomic E-state index is 0.161. The molecule has 0 aliphatic carbocycles. The number of hydrogen-bond acceptors (Lipinski definition) is 4. The van der Waals surface area contributed by atoms with Crippen LogP contribution in [0.25, 0.3) is 0 Å². The normalized spacial score (nSPS) is 11.1. The molecule has 0 saturated carbocycles. The van der Waals surface area contributed by atoms with Gasteiger partial charge in [0.1, 0.15) is 0 Å². The topological polar surface area (TPSA) is 96.4 Å². The van der Waals surface area contributed by atoms with Gasteiger partial charge in [0, 0.05) is 31.8 Å². The van der Waals surface area contributed by atoms with Crippen LogP contribution in [-0.2, 0) is 21.3 Å². The number of nitrogens with zero attached hydrogens (tertiary/aromatic N) is 1. The van der Waals surface area contributed by atoms with Crippen molar-refractivity contribution in [3.05, 3.63) is 24.0 Å². The summed E-state index contributed by atoms with van der Waals surface area (Å²) in [6, 6.07) is 2.48. The van der Waals surface area contributed by atoms with Crippen LogP contribution in [0.1, 0.15) is 12.6 Å². The van der Waals surface area contributed by atoms with Crippen molar-refractivity contribution >= 4 is 16.0 Å². The lowest BCUT2D eigenvalue weighted by atomic mass is 10.3. The second-order valence-corrected chi connectivity index (χ2v) is 4.61. The minimum Gasteiger partial charge on any atom is -0.356 e. The Hall–Kier alpha value is -1.47. The highest BCUT2D eigenvalue weighted by Crippen LogP contribution is 2.08. The first-order chi connectivity index (χ1) is 7.39. The van der Waals surface area contributed by atoms with Gasteiger partial charge in [0.25, 0.3) is 10.1 Å². The van der Waals surface area contributed by atoms with Crippen molar-refractivity contribution in [2.45, 2.75) is 18.2 Å². The van der Waals surface area contributed by atoms with Crippen molar-refractivity contribution in [1.29, 1.82) is 0 Å². The molecule has 2 N–H and O–H groups in total. The SMILES string of the molecule is CC(=O)NCCc1cc(S(=O)(=O)O)ccn1. The predicted molar refractivity (Wildman–Crippen MR) is 56.4 cm³/mol. The number of nitrogens with one attached hydrogen (secondary N) is 1. The van der Waals surface area contributed by atoms with Gasteiger partial charge in [-0.05, 0) is 12.1 Å². The summed E-state index contributed by atoms with van der Waals surface area (Å²) >= 11 is 0. The van der Waals surface area contributed by atoms with Crippen molar-refractivity contribution in [2.75, 3.05) is 6.54 Å². The maximum Gasteiger partial charge on any atom is 0.294 e. The molecule has 0 unspecified atom stereocenters. The molecule has 0 atom stereocenters. The molecule has 1 amide bonds. The Labute approximate surface area is 93.5 Å². The summed E-state index contributed by atoms with van der Waals surface area (Å²) in [7, 11) is -4.19. The number of rotatable bonds is 4. The Bertz CT molecular complexity index is 484. The van der Waals surface area contributed by atoms with Crippen LogP contribution >= 0.6 is 0 Å². The number of hydrogen-bond donors (Lipinski definition) is 2. The highest BCUT2D eigenvalue weighted by molar-refractivity contribution is 7.85. The third kappa shape index (κ3) is 3.95. The molecule has 0 aromatic carbocycles. The first kappa shape index (κ1) is 12.6. The second-order valence-electron chi connectivity index (χ2n) is 3.19. The molecule has 88 valence electrons. The first-order valence-electron chi connectivity index (χ1n) is 4.56. The third-order valence-electron chi connectivity index (χ3n) is 1.84. The highest BCUT2D eigenvalue weighted by Gasteiger charge is 2.09. The van der Waals surface area contributed by atoms with Crippen molar-refractivity contribution in [2.24, 2.45) is 0 Å². The molecular weight excluding hydrogens is 232 g/mol. The van der Waals surface area contributed by atoms with Crippen LogP contribution in [0.2, 0.25) is 0 Å². The quantitative estimate of drug-likeness (QED) is 0.727. The number of aromatic nitrogens is 1. The molecule has 1 aromatic rings. The van der Waals surface area contributed by atoms with Gasteiger partial charge in [0.2, 0.25) is 5.91 Å². The van der Waals surface area contributed by atoms with E-state index in [2.05, 4.69) is 10.3 Å². The zero-order chi connectivity index (χ0) is 12.2. The number of carbonyl (C=O) groups is 1. The number of pyridine rings is 1. The van der Waals surface area contributed by atoms with Gasteiger partial charge in [-0.2, -0.15) is 8.42 Å². The highest BCUT2D eigenvalue weighted by atomic mass is 32.2. The minimum atomic E-state index is -4.19. The van der Waals surface area contributed by atoms with Crippen LogP contribution in [0, 0.1) is 0 Å². The molecule has 0 aliphatic heterocycles. The van der Waals surface area contributed by atoms with Gasteiger partial charge in [-0.3, -0.25) is 14.3 Å². The lowest BCUT2D eigenvalue weighted by molar-refractivity contribution is -0.118. The zero-order valence-corrected chi connectivity index (χ0v) is 9.49. The van der Waals surface area contributed by atoms with Gasteiger partial charge in [0.05, 0.1) is 4.90 Å². The number of amides is 1. The molecule has 0 spiro atoms. The van der Waals surface area contributed by atoms with Crippen LogP contribution in [0.3, 0.4) is 0 Å². The lowest BCUT2D eigenvalue weighted by Crippen LogP contribution is -2.22. The van der Waals surface area contributed by atoms with Gasteiger partial charge >= 0.3 is 0 Å². The Balaban J connectivity index is 2.72. The summed E-state index contributed by atoms with van der Waals surface area (Å²) in [5, 5.41) is 2.56. The summed E-state index contributed by atoms with van der Waals surface area (Å²) in [5.74, 6) is -0.161. The van der Waals surface area contributed by atoms with Gasteiger partial charge in [0.15, 0.2) is 0 Å². The van der Waals surface area contributed by atoms with E-state index in [9.17, 15) is 13.2 Å². The summed E-state index contributed by atoms with van der Waals surface area (Å²) in [4.78, 5) is 14.3. The van der Waals surface area contributed by atoms with Gasteiger partial charge in [-0.15, -0.1) is 0 Å². The molecule has 16 heavy (non-hydrogen) atoms. The Morgan fingerprint density at radius 2 is 2.25 bits per heavy atom. The van der Waals surface area contributed by atoms with Crippen molar-refractivity contribution < 1.29 is 17.8 Å². The average Bonchev–Trinajstić information content (AvgIpc) is 2.16. The largest absolute Gasteiger partial charge is 0.356 e. The van der Waals surface area contributed by atoms with Gasteiger partial charge < -0.3 is 5.32 Å². The van der Waals surface area contributed by atoms with Crippen molar-refractivity contribution in [1.82, 2.24) is 10.3 Å². The van der Waals surface area contributed by atoms with E-state index in [1.54, 1.807) is 0 Å². The fourth-order valence-corrected chi connectivity index (χ4v) is 1.64. The number of carbonyl (C=O) groups excluding carboxylic acids is 1. The molecule has 1 aromatic heterocycles. The van der Waals surface area contributed by atoms with Crippen LogP contribution in [0.15, 0.2) is 23.2 Å². The van der Waals surface area contributed by atoms with E-state index in [-0.39, 0.29) is 10.8 Å².